The molecule has 5 nitrogen and oxygen atoms in total. The summed E-state index contributed by atoms with van der Waals surface area (Å²) in [5, 5.41) is 1.15. The summed E-state index contributed by atoms with van der Waals surface area (Å²) in [6.07, 6.45) is 5.90. The van der Waals surface area contributed by atoms with Crippen molar-refractivity contribution in [2.75, 3.05) is 6.54 Å². The Balaban J connectivity index is 1.95. The summed E-state index contributed by atoms with van der Waals surface area (Å²) in [5.74, 6) is 1.45. The Labute approximate surface area is 137 Å². The second kappa shape index (κ2) is 6.44. The lowest BCUT2D eigenvalue weighted by atomic mass is 10.2. The molecule has 0 fully saturated rings. The lowest BCUT2D eigenvalue weighted by Gasteiger charge is -2.03. The van der Waals surface area contributed by atoms with Crippen LogP contribution in [0.4, 0.5) is 0 Å². The molecule has 0 aliphatic carbocycles. The summed E-state index contributed by atoms with van der Waals surface area (Å²) in [5.41, 5.74) is 7.10. The molecule has 7 heteroatoms. The van der Waals surface area contributed by atoms with Crippen LogP contribution in [0.15, 0.2) is 43.0 Å². The number of hydrogen-bond acceptors (Lipinski definition) is 4. The van der Waals surface area contributed by atoms with Gasteiger partial charge in [0.1, 0.15) is 18.0 Å². The third-order valence-corrected chi connectivity index (χ3v) is 3.66. The van der Waals surface area contributed by atoms with Gasteiger partial charge in [0.2, 0.25) is 0 Å². The van der Waals surface area contributed by atoms with E-state index in [4.69, 9.17) is 28.9 Å². The molecule has 0 unspecified atom stereocenters. The Morgan fingerprint density at radius 3 is 2.77 bits per heavy atom. The summed E-state index contributed by atoms with van der Waals surface area (Å²) in [6, 6.07) is 7.14. The lowest BCUT2D eigenvalue weighted by Crippen LogP contribution is -2.08. The molecule has 3 rings (SSSR count). The average Bonchev–Trinajstić information content (AvgIpc) is 2.97. The summed E-state index contributed by atoms with van der Waals surface area (Å²) >= 11 is 12.1. The maximum absolute atomic E-state index is 6.21. The third-order valence-electron chi connectivity index (χ3n) is 3.11. The van der Waals surface area contributed by atoms with Gasteiger partial charge in [-0.25, -0.2) is 15.0 Å². The fourth-order valence-corrected chi connectivity index (χ4v) is 2.57. The molecule has 0 amide bonds. The van der Waals surface area contributed by atoms with Gasteiger partial charge in [0.05, 0.1) is 10.7 Å². The van der Waals surface area contributed by atoms with Crippen molar-refractivity contribution in [1.29, 1.82) is 0 Å². The highest BCUT2D eigenvalue weighted by Gasteiger charge is 2.09. The Hall–Kier alpha value is -1.95. The number of hydrogen-bond donors (Lipinski definition) is 1. The van der Waals surface area contributed by atoms with E-state index < -0.39 is 0 Å². The minimum absolute atomic E-state index is 0.513. The van der Waals surface area contributed by atoms with Crippen molar-refractivity contribution >= 4 is 23.2 Å². The van der Waals surface area contributed by atoms with Crippen molar-refractivity contribution in [3.05, 3.63) is 58.9 Å². The number of benzene rings is 1. The molecule has 112 valence electrons. The molecule has 0 atom stereocenters. The lowest BCUT2D eigenvalue weighted by molar-refractivity contribution is 0.842. The van der Waals surface area contributed by atoms with E-state index in [9.17, 15) is 0 Å². The fourth-order valence-electron chi connectivity index (χ4n) is 2.07. The van der Waals surface area contributed by atoms with Crippen LogP contribution in [0, 0.1) is 0 Å². The van der Waals surface area contributed by atoms with E-state index >= 15 is 0 Å². The van der Waals surface area contributed by atoms with Gasteiger partial charge in [-0.05, 0) is 30.8 Å². The largest absolute Gasteiger partial charge is 0.330 e. The Bertz CT molecular complexity index is 800. The number of imidazole rings is 1. The van der Waals surface area contributed by atoms with Crippen LogP contribution in [-0.2, 0) is 6.42 Å². The first-order chi connectivity index (χ1) is 10.7. The predicted octanol–water partition coefficient (Wildman–Crippen LogP) is 3.14. The van der Waals surface area contributed by atoms with Gasteiger partial charge in [0, 0.05) is 29.4 Å². The van der Waals surface area contributed by atoms with Crippen molar-refractivity contribution in [3.8, 4) is 17.1 Å². The Kier molecular flexibility index (Phi) is 4.38. The van der Waals surface area contributed by atoms with E-state index in [0.717, 1.165) is 17.1 Å². The monoisotopic (exact) mass is 333 g/mol. The first-order valence-corrected chi connectivity index (χ1v) is 7.45. The van der Waals surface area contributed by atoms with Crippen LogP contribution in [0.2, 0.25) is 10.0 Å². The van der Waals surface area contributed by atoms with Crippen molar-refractivity contribution in [2.24, 2.45) is 5.73 Å². The summed E-state index contributed by atoms with van der Waals surface area (Å²) in [4.78, 5) is 13.0. The second-order valence-corrected chi connectivity index (χ2v) is 5.50. The molecule has 2 N–H and O–H groups in total. The first-order valence-electron chi connectivity index (χ1n) is 6.69. The molecule has 3 aromatic rings. The summed E-state index contributed by atoms with van der Waals surface area (Å²) in [6.45, 7) is 0.513. The number of rotatable bonds is 4. The van der Waals surface area contributed by atoms with Gasteiger partial charge in [-0.1, -0.05) is 23.2 Å². The Morgan fingerprint density at radius 2 is 2.00 bits per heavy atom. The molecular formula is C15H13Cl2N5. The number of halogens is 2. The van der Waals surface area contributed by atoms with Crippen LogP contribution >= 0.6 is 23.2 Å². The highest BCUT2D eigenvalue weighted by Crippen LogP contribution is 2.29. The van der Waals surface area contributed by atoms with E-state index in [1.165, 1.54) is 0 Å². The molecule has 2 aromatic heterocycles. The maximum Gasteiger partial charge on any atom is 0.141 e. The maximum atomic E-state index is 6.21. The van der Waals surface area contributed by atoms with Crippen molar-refractivity contribution < 1.29 is 0 Å². The summed E-state index contributed by atoms with van der Waals surface area (Å²) in [7, 11) is 0. The minimum atomic E-state index is 0.513. The van der Waals surface area contributed by atoms with Gasteiger partial charge < -0.3 is 5.73 Å². The second-order valence-electron chi connectivity index (χ2n) is 4.66. The standard InChI is InChI=1S/C15H13Cl2N5/c16-10-1-2-11(12(17)7-10)13-8-22(9-20-13)15-4-6-19-14(21-15)3-5-18/h1-2,4,6-9H,3,5,18H2. The molecule has 0 spiro atoms. The van der Waals surface area contributed by atoms with Gasteiger partial charge in [0.15, 0.2) is 0 Å². The van der Waals surface area contributed by atoms with E-state index in [1.807, 2.05) is 22.9 Å². The van der Waals surface area contributed by atoms with Crippen LogP contribution in [-0.4, -0.2) is 26.1 Å². The SMILES string of the molecule is NCCc1nccc(-n2cnc(-c3ccc(Cl)cc3Cl)c2)n1. The van der Waals surface area contributed by atoms with E-state index in [1.54, 1.807) is 24.7 Å². The molecule has 2 heterocycles. The molecule has 0 radical (unpaired) electrons. The van der Waals surface area contributed by atoms with Crippen LogP contribution in [0.25, 0.3) is 17.1 Å². The van der Waals surface area contributed by atoms with Gasteiger partial charge >= 0.3 is 0 Å². The molecular weight excluding hydrogens is 321 g/mol. The smallest absolute Gasteiger partial charge is 0.141 e. The van der Waals surface area contributed by atoms with Crippen LogP contribution < -0.4 is 5.73 Å². The first kappa shape index (κ1) is 15.0. The van der Waals surface area contributed by atoms with Crippen LogP contribution in [0.1, 0.15) is 5.82 Å². The molecule has 0 saturated heterocycles. The quantitative estimate of drug-likeness (QED) is 0.796. The normalized spacial score (nSPS) is 10.9. The van der Waals surface area contributed by atoms with Gasteiger partial charge in [-0.2, -0.15) is 0 Å². The third kappa shape index (κ3) is 3.11. The summed E-state index contributed by atoms with van der Waals surface area (Å²) < 4.78 is 1.82. The number of nitrogens with two attached hydrogens (primary N) is 1. The molecule has 22 heavy (non-hydrogen) atoms. The van der Waals surface area contributed by atoms with E-state index in [-0.39, 0.29) is 0 Å². The van der Waals surface area contributed by atoms with Crippen molar-refractivity contribution in [1.82, 2.24) is 19.5 Å². The van der Waals surface area contributed by atoms with Crippen molar-refractivity contribution in [2.45, 2.75) is 6.42 Å². The minimum Gasteiger partial charge on any atom is -0.330 e. The van der Waals surface area contributed by atoms with Crippen LogP contribution in [0.3, 0.4) is 0 Å². The molecule has 0 aliphatic rings. The molecule has 0 saturated carbocycles. The highest BCUT2D eigenvalue weighted by molar-refractivity contribution is 6.36. The molecule has 0 bridgehead atoms. The van der Waals surface area contributed by atoms with Gasteiger partial charge in [-0.3, -0.25) is 4.57 Å². The topological polar surface area (TPSA) is 69.6 Å². The highest BCUT2D eigenvalue weighted by atomic mass is 35.5. The van der Waals surface area contributed by atoms with E-state index in [2.05, 4.69) is 15.0 Å². The van der Waals surface area contributed by atoms with E-state index in [0.29, 0.717) is 28.8 Å². The van der Waals surface area contributed by atoms with Gasteiger partial charge in [-0.15, -0.1) is 0 Å². The number of nitrogens with zero attached hydrogens (tertiary/aromatic N) is 4. The van der Waals surface area contributed by atoms with Gasteiger partial charge in [0.25, 0.3) is 0 Å². The van der Waals surface area contributed by atoms with Crippen LogP contribution in [0.5, 0.6) is 0 Å². The molecule has 0 aliphatic heterocycles. The zero-order valence-electron chi connectivity index (χ0n) is 11.6. The zero-order chi connectivity index (χ0) is 15.5. The average molecular weight is 334 g/mol. The Morgan fingerprint density at radius 1 is 1.14 bits per heavy atom. The zero-order valence-corrected chi connectivity index (χ0v) is 13.1. The predicted molar refractivity (Wildman–Crippen MR) is 87.4 cm³/mol. The van der Waals surface area contributed by atoms with Crippen molar-refractivity contribution in [3.63, 3.8) is 0 Å². The molecule has 1 aromatic carbocycles. The number of aromatic nitrogens is 4. The fraction of sp³-hybridized carbons (Fsp3) is 0.133.